The van der Waals surface area contributed by atoms with E-state index in [1.807, 2.05) is 0 Å². The Morgan fingerprint density at radius 1 is 1.17 bits per heavy atom. The third-order valence-corrected chi connectivity index (χ3v) is 2.27. The van der Waals surface area contributed by atoms with Crippen molar-refractivity contribution in [1.29, 1.82) is 0 Å². The minimum atomic E-state index is -1.48. The zero-order chi connectivity index (χ0) is 13.9. The minimum Gasteiger partial charge on any atom is -0.478 e. The summed E-state index contributed by atoms with van der Waals surface area (Å²) in [4.78, 5) is 31.6. The van der Waals surface area contributed by atoms with E-state index in [1.54, 1.807) is 0 Å². The molecule has 0 spiro atoms. The molecule has 0 saturated heterocycles. The molecule has 0 atom stereocenters. The summed E-state index contributed by atoms with van der Waals surface area (Å²) >= 11 is 0. The van der Waals surface area contributed by atoms with Crippen LogP contribution in [0.4, 0.5) is 5.69 Å². The number of hydrogen-bond acceptors (Lipinski definition) is 5. The summed E-state index contributed by atoms with van der Waals surface area (Å²) in [5, 5.41) is 37.2. The molecule has 0 amide bonds. The molecule has 0 saturated carbocycles. The van der Waals surface area contributed by atoms with E-state index < -0.39 is 40.3 Å². The number of carbonyl (C=O) groups is 2. The number of rotatable bonds is 5. The van der Waals surface area contributed by atoms with Crippen LogP contribution in [0, 0.1) is 10.1 Å². The molecule has 0 radical (unpaired) electrons. The number of nitro groups is 1. The molecule has 0 aromatic heterocycles. The second-order valence-corrected chi connectivity index (χ2v) is 3.36. The molecule has 0 aliphatic heterocycles. The van der Waals surface area contributed by atoms with Crippen molar-refractivity contribution in [3.05, 3.63) is 38.9 Å². The maximum absolute atomic E-state index is 10.9. The Hall–Kier alpha value is -2.48. The Balaban J connectivity index is 3.59. The number of benzene rings is 1. The third kappa shape index (κ3) is 2.61. The number of aliphatic hydroxyl groups excluding tert-OH is 1. The van der Waals surface area contributed by atoms with Crippen molar-refractivity contribution < 1.29 is 29.8 Å². The zero-order valence-corrected chi connectivity index (χ0v) is 8.99. The quantitative estimate of drug-likeness (QED) is 0.515. The van der Waals surface area contributed by atoms with Crippen molar-refractivity contribution in [2.45, 2.75) is 6.42 Å². The van der Waals surface area contributed by atoms with Crippen molar-refractivity contribution in [2.75, 3.05) is 6.61 Å². The molecule has 0 fully saturated rings. The van der Waals surface area contributed by atoms with Crippen LogP contribution in [0.5, 0.6) is 0 Å². The smallest absolute Gasteiger partial charge is 0.336 e. The van der Waals surface area contributed by atoms with Gasteiger partial charge in [0.05, 0.1) is 16.1 Å². The van der Waals surface area contributed by atoms with E-state index in [4.69, 9.17) is 15.3 Å². The van der Waals surface area contributed by atoms with E-state index in [1.165, 1.54) is 0 Å². The topological polar surface area (TPSA) is 138 Å². The number of aliphatic hydroxyl groups is 1. The molecule has 1 rings (SSSR count). The monoisotopic (exact) mass is 255 g/mol. The lowest BCUT2D eigenvalue weighted by Crippen LogP contribution is -2.12. The Kier molecular flexibility index (Phi) is 3.95. The van der Waals surface area contributed by atoms with Crippen molar-refractivity contribution in [3.8, 4) is 0 Å². The Bertz CT molecular complexity index is 488. The number of non-ortho nitro benzene ring substituents is 1. The Morgan fingerprint density at radius 2 is 1.61 bits per heavy atom. The Morgan fingerprint density at radius 3 is 1.89 bits per heavy atom. The molecule has 0 heterocycles. The van der Waals surface area contributed by atoms with Gasteiger partial charge in [-0.15, -0.1) is 0 Å². The van der Waals surface area contributed by atoms with Gasteiger partial charge in [-0.25, -0.2) is 9.59 Å². The molecule has 96 valence electrons. The molecular formula is C10H9NO7. The van der Waals surface area contributed by atoms with E-state index in [2.05, 4.69) is 0 Å². The van der Waals surface area contributed by atoms with Gasteiger partial charge in [-0.1, -0.05) is 0 Å². The number of aromatic carboxylic acids is 2. The summed E-state index contributed by atoms with van der Waals surface area (Å²) in [5.74, 6) is -2.96. The molecule has 18 heavy (non-hydrogen) atoms. The lowest BCUT2D eigenvalue weighted by atomic mass is 9.97. The maximum atomic E-state index is 10.9. The van der Waals surface area contributed by atoms with E-state index in [9.17, 15) is 19.7 Å². The van der Waals surface area contributed by atoms with E-state index in [0.717, 1.165) is 12.1 Å². The number of nitrogens with zero attached hydrogens (tertiary/aromatic N) is 1. The van der Waals surface area contributed by atoms with E-state index >= 15 is 0 Å². The van der Waals surface area contributed by atoms with Crippen molar-refractivity contribution >= 4 is 17.6 Å². The summed E-state index contributed by atoms with van der Waals surface area (Å²) < 4.78 is 0. The second-order valence-electron chi connectivity index (χ2n) is 3.36. The zero-order valence-electron chi connectivity index (χ0n) is 8.99. The summed E-state index contributed by atoms with van der Waals surface area (Å²) in [6, 6.07) is 1.56. The van der Waals surface area contributed by atoms with Gasteiger partial charge < -0.3 is 15.3 Å². The lowest BCUT2D eigenvalue weighted by Gasteiger charge is -2.08. The van der Waals surface area contributed by atoms with Gasteiger partial charge in [-0.2, -0.15) is 0 Å². The standard InChI is InChI=1S/C10H9NO7/c12-2-1-6-7(9(13)14)3-5(11(17)18)4-8(6)10(15)16/h3-4,12H,1-2H2,(H,13,14)(H,15,16). The number of carboxylic acids is 2. The average molecular weight is 255 g/mol. The molecule has 0 unspecified atom stereocenters. The molecule has 1 aromatic rings. The average Bonchev–Trinajstić information content (AvgIpc) is 2.28. The van der Waals surface area contributed by atoms with Crippen LogP contribution >= 0.6 is 0 Å². The molecule has 1 aromatic carbocycles. The van der Waals surface area contributed by atoms with Crippen molar-refractivity contribution in [2.24, 2.45) is 0 Å². The van der Waals surface area contributed by atoms with E-state index in [-0.39, 0.29) is 12.0 Å². The fourth-order valence-electron chi connectivity index (χ4n) is 1.52. The van der Waals surface area contributed by atoms with Crippen LogP contribution in [-0.2, 0) is 6.42 Å². The number of hydrogen-bond donors (Lipinski definition) is 3. The van der Waals surface area contributed by atoms with Gasteiger partial charge >= 0.3 is 11.9 Å². The number of nitro benzene ring substituents is 1. The normalized spacial score (nSPS) is 10.1. The molecule has 8 heteroatoms. The first-order valence-corrected chi connectivity index (χ1v) is 4.77. The Labute approximate surface area is 100 Å². The third-order valence-electron chi connectivity index (χ3n) is 2.27. The predicted molar refractivity (Wildman–Crippen MR) is 57.8 cm³/mol. The lowest BCUT2D eigenvalue weighted by molar-refractivity contribution is -0.384. The SMILES string of the molecule is O=C(O)c1cc([N+](=O)[O-])cc(C(=O)O)c1CCO. The van der Waals surface area contributed by atoms with Crippen LogP contribution < -0.4 is 0 Å². The van der Waals surface area contributed by atoms with E-state index in [0.29, 0.717) is 0 Å². The molecule has 3 N–H and O–H groups in total. The second kappa shape index (κ2) is 5.23. The van der Waals surface area contributed by atoms with Crippen LogP contribution in [0.1, 0.15) is 26.3 Å². The van der Waals surface area contributed by atoms with Gasteiger partial charge in [-0.3, -0.25) is 10.1 Å². The van der Waals surface area contributed by atoms with Crippen molar-refractivity contribution in [3.63, 3.8) is 0 Å². The van der Waals surface area contributed by atoms with Crippen molar-refractivity contribution in [1.82, 2.24) is 0 Å². The van der Waals surface area contributed by atoms with Gasteiger partial charge in [0.25, 0.3) is 5.69 Å². The fourth-order valence-corrected chi connectivity index (χ4v) is 1.52. The highest BCUT2D eigenvalue weighted by Gasteiger charge is 2.23. The van der Waals surface area contributed by atoms with Gasteiger partial charge in [-0.05, 0) is 12.0 Å². The van der Waals surface area contributed by atoms with Crippen LogP contribution in [-0.4, -0.2) is 38.8 Å². The highest BCUT2D eigenvalue weighted by molar-refractivity contribution is 5.97. The molecule has 0 aliphatic carbocycles. The molecule has 0 aliphatic rings. The first-order valence-electron chi connectivity index (χ1n) is 4.77. The highest BCUT2D eigenvalue weighted by atomic mass is 16.6. The van der Waals surface area contributed by atoms with Crippen LogP contribution in [0.15, 0.2) is 12.1 Å². The highest BCUT2D eigenvalue weighted by Crippen LogP contribution is 2.23. The van der Waals surface area contributed by atoms with Crippen LogP contribution in [0.2, 0.25) is 0 Å². The molecular weight excluding hydrogens is 246 g/mol. The summed E-state index contributed by atoms with van der Waals surface area (Å²) in [5.41, 5.74) is -1.74. The van der Waals surface area contributed by atoms with Crippen LogP contribution in [0.3, 0.4) is 0 Å². The first-order chi connectivity index (χ1) is 8.38. The molecule has 8 nitrogen and oxygen atoms in total. The van der Waals surface area contributed by atoms with Gasteiger partial charge in [0.2, 0.25) is 0 Å². The largest absolute Gasteiger partial charge is 0.478 e. The summed E-state index contributed by atoms with van der Waals surface area (Å²) in [6.07, 6.45) is -0.207. The predicted octanol–water partition coefficient (Wildman–Crippen LogP) is 0.526. The first kappa shape index (κ1) is 13.6. The van der Waals surface area contributed by atoms with Gasteiger partial charge in [0.1, 0.15) is 0 Å². The van der Waals surface area contributed by atoms with Gasteiger partial charge in [0.15, 0.2) is 0 Å². The van der Waals surface area contributed by atoms with Gasteiger partial charge in [0, 0.05) is 18.7 Å². The molecule has 0 bridgehead atoms. The minimum absolute atomic E-state index is 0.136. The maximum Gasteiger partial charge on any atom is 0.336 e. The van der Waals surface area contributed by atoms with Crippen LogP contribution in [0.25, 0.3) is 0 Å². The summed E-state index contributed by atoms with van der Waals surface area (Å²) in [6.45, 7) is -0.460. The fraction of sp³-hybridized carbons (Fsp3) is 0.200. The summed E-state index contributed by atoms with van der Waals surface area (Å²) in [7, 11) is 0. The number of carboxylic acid groups (broad SMARTS) is 2.